The number of nitrogens with one attached hydrogen (secondary N) is 1. The van der Waals surface area contributed by atoms with E-state index in [9.17, 15) is 0 Å². The topological polar surface area (TPSA) is 32.3 Å². The van der Waals surface area contributed by atoms with Crippen molar-refractivity contribution in [3.63, 3.8) is 0 Å². The first kappa shape index (κ1) is 11.7. The van der Waals surface area contributed by atoms with Crippen molar-refractivity contribution in [2.45, 2.75) is 32.1 Å². The highest BCUT2D eigenvalue weighted by Crippen LogP contribution is 2.31. The van der Waals surface area contributed by atoms with Crippen LogP contribution in [0.1, 0.15) is 32.1 Å². The number of allylic oxidation sites excluding steroid dienone is 1. The van der Waals surface area contributed by atoms with Crippen molar-refractivity contribution >= 4 is 0 Å². The summed E-state index contributed by atoms with van der Waals surface area (Å²) in [5.74, 6) is 1.66. The van der Waals surface area contributed by atoms with E-state index in [0.29, 0.717) is 0 Å². The fourth-order valence-electron chi connectivity index (χ4n) is 2.27. The van der Waals surface area contributed by atoms with Crippen LogP contribution in [0.3, 0.4) is 0 Å². The molecule has 2 N–H and O–H groups in total. The molecule has 0 spiro atoms. The SMILES string of the molecule is CNCC[C@H]1CC[C@H](/C=C/CO)CC1. The van der Waals surface area contributed by atoms with Gasteiger partial charge in [-0.1, -0.05) is 12.2 Å². The predicted octanol–water partition coefficient (Wildman–Crippen LogP) is 1.95. The van der Waals surface area contributed by atoms with Crippen LogP contribution in [0.15, 0.2) is 12.2 Å². The molecule has 0 unspecified atom stereocenters. The van der Waals surface area contributed by atoms with Gasteiger partial charge < -0.3 is 10.4 Å². The molecule has 1 rings (SSSR count). The Morgan fingerprint density at radius 3 is 2.57 bits per heavy atom. The van der Waals surface area contributed by atoms with Gasteiger partial charge in [0.2, 0.25) is 0 Å². The third kappa shape index (κ3) is 4.25. The summed E-state index contributed by atoms with van der Waals surface area (Å²) in [7, 11) is 2.02. The Morgan fingerprint density at radius 2 is 2.00 bits per heavy atom. The van der Waals surface area contributed by atoms with Crippen molar-refractivity contribution in [1.82, 2.24) is 5.32 Å². The molecular weight excluding hydrogens is 174 g/mol. The fourth-order valence-corrected chi connectivity index (χ4v) is 2.27. The van der Waals surface area contributed by atoms with Gasteiger partial charge in [-0.05, 0) is 57.5 Å². The van der Waals surface area contributed by atoms with Gasteiger partial charge in [0.15, 0.2) is 0 Å². The Bertz CT molecular complexity index is 160. The smallest absolute Gasteiger partial charge is 0.0612 e. The van der Waals surface area contributed by atoms with Crippen molar-refractivity contribution in [3.8, 4) is 0 Å². The standard InChI is InChI=1S/C12H23NO/c1-13-9-8-12-6-4-11(5-7-12)3-2-10-14/h2-3,11-14H,4-10H2,1H3/b3-2+/t11-,12-. The van der Waals surface area contributed by atoms with Crippen molar-refractivity contribution in [3.05, 3.63) is 12.2 Å². The number of rotatable bonds is 5. The van der Waals surface area contributed by atoms with Gasteiger partial charge in [0.25, 0.3) is 0 Å². The Hall–Kier alpha value is -0.340. The average Bonchev–Trinajstić information content (AvgIpc) is 2.25. The summed E-state index contributed by atoms with van der Waals surface area (Å²) in [6.07, 6.45) is 10.7. The Kier molecular flexibility index (Phi) is 5.88. The summed E-state index contributed by atoms with van der Waals surface area (Å²) in [6.45, 7) is 1.35. The second-order valence-corrected chi connectivity index (χ2v) is 4.28. The van der Waals surface area contributed by atoms with Crippen LogP contribution in [0.5, 0.6) is 0 Å². The average molecular weight is 197 g/mol. The van der Waals surface area contributed by atoms with Gasteiger partial charge in [-0.3, -0.25) is 0 Å². The predicted molar refractivity (Wildman–Crippen MR) is 60.2 cm³/mol. The third-order valence-electron chi connectivity index (χ3n) is 3.21. The molecule has 0 radical (unpaired) electrons. The van der Waals surface area contributed by atoms with E-state index in [-0.39, 0.29) is 6.61 Å². The summed E-state index contributed by atoms with van der Waals surface area (Å²) in [5, 5.41) is 11.9. The lowest BCUT2D eigenvalue weighted by Crippen LogP contribution is -2.18. The number of aliphatic hydroxyl groups is 1. The first-order chi connectivity index (χ1) is 6.86. The van der Waals surface area contributed by atoms with Gasteiger partial charge >= 0.3 is 0 Å². The summed E-state index contributed by atoms with van der Waals surface area (Å²) in [5.41, 5.74) is 0. The minimum Gasteiger partial charge on any atom is -0.392 e. The molecule has 1 saturated carbocycles. The van der Waals surface area contributed by atoms with Crippen molar-refractivity contribution in [2.75, 3.05) is 20.2 Å². The minimum atomic E-state index is 0.194. The molecule has 1 aliphatic rings. The first-order valence-corrected chi connectivity index (χ1v) is 5.79. The summed E-state index contributed by atoms with van der Waals surface area (Å²) in [6, 6.07) is 0. The van der Waals surface area contributed by atoms with Crippen LogP contribution >= 0.6 is 0 Å². The zero-order valence-electron chi connectivity index (χ0n) is 9.21. The zero-order valence-corrected chi connectivity index (χ0v) is 9.21. The lowest BCUT2D eigenvalue weighted by Gasteiger charge is -2.26. The molecule has 0 aromatic heterocycles. The van der Waals surface area contributed by atoms with Crippen LogP contribution in [-0.2, 0) is 0 Å². The van der Waals surface area contributed by atoms with Crippen LogP contribution < -0.4 is 5.32 Å². The van der Waals surface area contributed by atoms with E-state index in [1.807, 2.05) is 13.1 Å². The normalized spacial score (nSPS) is 28.4. The second kappa shape index (κ2) is 7.02. The molecule has 0 atom stereocenters. The molecule has 0 heterocycles. The Balaban J connectivity index is 2.14. The maximum Gasteiger partial charge on any atom is 0.0612 e. The van der Waals surface area contributed by atoms with Gasteiger partial charge in [0, 0.05) is 0 Å². The third-order valence-corrected chi connectivity index (χ3v) is 3.21. The molecule has 0 aromatic carbocycles. The summed E-state index contributed by atoms with van der Waals surface area (Å²) < 4.78 is 0. The van der Waals surface area contributed by atoms with Crippen LogP contribution in [-0.4, -0.2) is 25.3 Å². The molecule has 0 aliphatic heterocycles. The van der Waals surface area contributed by atoms with E-state index >= 15 is 0 Å². The minimum absolute atomic E-state index is 0.194. The highest BCUT2D eigenvalue weighted by Gasteiger charge is 2.18. The molecule has 0 aromatic rings. The van der Waals surface area contributed by atoms with E-state index in [0.717, 1.165) is 18.4 Å². The van der Waals surface area contributed by atoms with E-state index < -0.39 is 0 Å². The summed E-state index contributed by atoms with van der Waals surface area (Å²) in [4.78, 5) is 0. The number of hydrogen-bond donors (Lipinski definition) is 2. The van der Waals surface area contributed by atoms with Gasteiger partial charge in [0.05, 0.1) is 6.61 Å². The van der Waals surface area contributed by atoms with Gasteiger partial charge in [-0.15, -0.1) is 0 Å². The molecule has 0 amide bonds. The fraction of sp³-hybridized carbons (Fsp3) is 0.833. The molecule has 2 nitrogen and oxygen atoms in total. The van der Waals surface area contributed by atoms with E-state index in [4.69, 9.17) is 5.11 Å². The van der Waals surface area contributed by atoms with Gasteiger partial charge in [0.1, 0.15) is 0 Å². The largest absolute Gasteiger partial charge is 0.392 e. The first-order valence-electron chi connectivity index (χ1n) is 5.79. The molecular formula is C12H23NO. The van der Waals surface area contributed by atoms with Gasteiger partial charge in [-0.25, -0.2) is 0 Å². The van der Waals surface area contributed by atoms with Crippen LogP contribution in [0.25, 0.3) is 0 Å². The van der Waals surface area contributed by atoms with Crippen molar-refractivity contribution < 1.29 is 5.11 Å². The van der Waals surface area contributed by atoms with Gasteiger partial charge in [-0.2, -0.15) is 0 Å². The number of hydrogen-bond acceptors (Lipinski definition) is 2. The lowest BCUT2D eigenvalue weighted by atomic mass is 9.80. The maximum atomic E-state index is 8.67. The van der Waals surface area contributed by atoms with E-state index in [1.165, 1.54) is 32.1 Å². The van der Waals surface area contributed by atoms with Crippen LogP contribution in [0, 0.1) is 11.8 Å². The second-order valence-electron chi connectivity index (χ2n) is 4.28. The highest BCUT2D eigenvalue weighted by molar-refractivity contribution is 4.90. The van der Waals surface area contributed by atoms with Crippen LogP contribution in [0.2, 0.25) is 0 Å². The molecule has 82 valence electrons. The van der Waals surface area contributed by atoms with E-state index in [2.05, 4.69) is 11.4 Å². The Labute approximate surface area is 87.4 Å². The summed E-state index contributed by atoms with van der Waals surface area (Å²) >= 11 is 0. The Morgan fingerprint density at radius 1 is 1.29 bits per heavy atom. The zero-order chi connectivity index (χ0) is 10.2. The highest BCUT2D eigenvalue weighted by atomic mass is 16.2. The molecule has 2 heteroatoms. The molecule has 1 fully saturated rings. The quantitative estimate of drug-likeness (QED) is 0.660. The monoisotopic (exact) mass is 197 g/mol. The van der Waals surface area contributed by atoms with Crippen molar-refractivity contribution in [1.29, 1.82) is 0 Å². The maximum absolute atomic E-state index is 8.67. The van der Waals surface area contributed by atoms with Crippen LogP contribution in [0.4, 0.5) is 0 Å². The molecule has 1 aliphatic carbocycles. The van der Waals surface area contributed by atoms with E-state index in [1.54, 1.807) is 0 Å². The molecule has 14 heavy (non-hydrogen) atoms. The molecule has 0 saturated heterocycles. The van der Waals surface area contributed by atoms with Crippen molar-refractivity contribution in [2.24, 2.45) is 11.8 Å². The number of aliphatic hydroxyl groups excluding tert-OH is 1. The lowest BCUT2D eigenvalue weighted by molar-refractivity contribution is 0.292. The molecule has 0 bridgehead atoms.